The molecule has 2 aromatic heterocycles. The van der Waals surface area contributed by atoms with E-state index < -0.39 is 30.1 Å². The molecule has 16 nitrogen and oxygen atoms in total. The minimum Gasteiger partial charge on any atom is -0.453 e. The summed E-state index contributed by atoms with van der Waals surface area (Å²) in [6.45, 7) is 7.16. The van der Waals surface area contributed by atoms with Crippen LogP contribution in [0.3, 0.4) is 0 Å². The maximum atomic E-state index is 14.3. The van der Waals surface area contributed by atoms with E-state index in [0.717, 1.165) is 62.9 Å². The van der Waals surface area contributed by atoms with Crippen LogP contribution in [0.1, 0.15) is 62.9 Å². The van der Waals surface area contributed by atoms with E-state index in [1.54, 1.807) is 42.3 Å². The van der Waals surface area contributed by atoms with Crippen LogP contribution in [0, 0.1) is 5.92 Å². The number of H-pyrrole nitrogens is 2. The number of aromatic amines is 2. The lowest BCUT2D eigenvalue weighted by Crippen LogP contribution is -2.51. The van der Waals surface area contributed by atoms with Crippen molar-refractivity contribution in [2.75, 3.05) is 40.5 Å². The van der Waals surface area contributed by atoms with Gasteiger partial charge in [-0.3, -0.25) is 9.59 Å². The van der Waals surface area contributed by atoms with Crippen molar-refractivity contribution in [1.29, 1.82) is 0 Å². The molecule has 328 valence electrons. The molecular formula is C47H52N8O8. The zero-order valence-corrected chi connectivity index (χ0v) is 36.0. The minimum atomic E-state index is -1.04. The zero-order chi connectivity index (χ0) is 44.3. The fraction of sp³-hybridized carbons (Fsp3) is 0.362. The lowest BCUT2D eigenvalue weighted by atomic mass is 9.99. The quantitative estimate of drug-likeness (QED) is 0.0940. The number of imidazole rings is 2. The van der Waals surface area contributed by atoms with E-state index in [1.807, 2.05) is 43.0 Å². The number of likely N-dealkylation sites (tertiary alicyclic amines) is 1. The Hall–Kier alpha value is -6.78. The highest BCUT2D eigenvalue weighted by Gasteiger charge is 2.39. The number of nitrogens with zero attached hydrogens (tertiary/aromatic N) is 4. The topological polar surface area (TPSA) is 193 Å². The number of nitrogens with one attached hydrogen (secondary N) is 4. The van der Waals surface area contributed by atoms with Crippen molar-refractivity contribution in [3.05, 3.63) is 108 Å². The molecule has 0 radical (unpaired) electrons. The molecule has 8 rings (SSSR count). The van der Waals surface area contributed by atoms with Gasteiger partial charge in [0.25, 0.3) is 5.91 Å². The molecule has 4 amide bonds. The first-order chi connectivity index (χ1) is 30.4. The number of ether oxygens (including phenoxy) is 4. The van der Waals surface area contributed by atoms with Gasteiger partial charge in [-0.05, 0) is 65.5 Å². The molecule has 4 heterocycles. The summed E-state index contributed by atoms with van der Waals surface area (Å²) in [6.07, 6.45) is 1.97. The largest absolute Gasteiger partial charge is 0.453 e. The van der Waals surface area contributed by atoms with Gasteiger partial charge in [0.1, 0.15) is 23.7 Å². The summed E-state index contributed by atoms with van der Waals surface area (Å²) in [4.78, 5) is 72.4. The number of carbonyl (C=O) groups excluding carboxylic acids is 4. The molecule has 3 atom stereocenters. The second kappa shape index (κ2) is 18.3. The van der Waals surface area contributed by atoms with E-state index in [4.69, 9.17) is 23.9 Å². The Morgan fingerprint density at radius 2 is 1.59 bits per heavy atom. The number of amides is 4. The standard InChI is InChI=1S/C47H52N8O8/c1-28(2)39(52-45(58)60-4)44(57)55-21-9-12-37(55)42-50-35-20-18-33-24-32(17-19-34(33)41(35)51-42)29-13-15-30(16-14-29)36-25-48-38(49-36)26-54(27-47(3)62-22-23-63-47)43(56)40(53-46(59)61-5)31-10-7-6-8-11-31/h6-8,10-11,13-20,24-25,28,37,39-40H,9,12,21-23,26-27H2,1-5H3,(H,48,49)(H,50,51)(H,52,58)(H,53,59)/t37-,39-,40+/m0/s1. The number of carbonyl (C=O) groups is 4. The molecule has 2 fully saturated rings. The Bertz CT molecular complexity index is 2600. The van der Waals surface area contributed by atoms with Crippen molar-refractivity contribution < 1.29 is 38.1 Å². The lowest BCUT2D eigenvalue weighted by Gasteiger charge is -2.33. The summed E-state index contributed by atoms with van der Waals surface area (Å²) in [6, 6.07) is 25.6. The smallest absolute Gasteiger partial charge is 0.407 e. The summed E-state index contributed by atoms with van der Waals surface area (Å²) in [5, 5.41) is 7.42. The molecule has 0 spiro atoms. The second-order valence-electron chi connectivity index (χ2n) is 16.4. The maximum absolute atomic E-state index is 14.3. The van der Waals surface area contributed by atoms with Crippen LogP contribution in [0.15, 0.2) is 91.1 Å². The van der Waals surface area contributed by atoms with Crippen molar-refractivity contribution in [2.45, 2.75) is 64.1 Å². The second-order valence-corrected chi connectivity index (χ2v) is 16.4. The van der Waals surface area contributed by atoms with Crippen LogP contribution < -0.4 is 10.6 Å². The normalized spacial score (nSPS) is 16.9. The molecule has 0 bridgehead atoms. The molecule has 2 aliphatic heterocycles. The fourth-order valence-corrected chi connectivity index (χ4v) is 8.46. The zero-order valence-electron chi connectivity index (χ0n) is 36.0. The molecule has 2 aliphatic rings. The molecular weight excluding hydrogens is 805 g/mol. The van der Waals surface area contributed by atoms with Gasteiger partial charge < -0.3 is 49.3 Å². The van der Waals surface area contributed by atoms with Crippen molar-refractivity contribution >= 4 is 45.8 Å². The highest BCUT2D eigenvalue weighted by atomic mass is 16.7. The summed E-state index contributed by atoms with van der Waals surface area (Å²) < 4.78 is 21.4. The number of benzene rings is 4. The van der Waals surface area contributed by atoms with Gasteiger partial charge in [0.05, 0.1) is 69.5 Å². The molecule has 0 aliphatic carbocycles. The summed E-state index contributed by atoms with van der Waals surface area (Å²) >= 11 is 0. The molecule has 4 N–H and O–H groups in total. The van der Waals surface area contributed by atoms with Gasteiger partial charge in [0.2, 0.25) is 5.91 Å². The van der Waals surface area contributed by atoms with Crippen molar-refractivity contribution in [2.24, 2.45) is 5.92 Å². The average molecular weight is 857 g/mol. The average Bonchev–Trinajstić information content (AvgIpc) is 4.14. The molecule has 16 heteroatoms. The lowest BCUT2D eigenvalue weighted by molar-refractivity contribution is -0.168. The fourth-order valence-electron chi connectivity index (χ4n) is 8.46. The van der Waals surface area contributed by atoms with Gasteiger partial charge in [0.15, 0.2) is 5.79 Å². The van der Waals surface area contributed by atoms with Crippen LogP contribution in [0.2, 0.25) is 0 Å². The van der Waals surface area contributed by atoms with E-state index in [1.165, 1.54) is 14.2 Å². The van der Waals surface area contributed by atoms with Gasteiger partial charge in [-0.15, -0.1) is 0 Å². The highest BCUT2D eigenvalue weighted by molar-refractivity contribution is 6.05. The predicted octanol–water partition coefficient (Wildman–Crippen LogP) is 7.01. The Labute approximate surface area is 364 Å². The monoisotopic (exact) mass is 856 g/mol. The predicted molar refractivity (Wildman–Crippen MR) is 235 cm³/mol. The molecule has 0 unspecified atom stereocenters. The number of hydrogen-bond acceptors (Lipinski definition) is 10. The molecule has 6 aromatic rings. The summed E-state index contributed by atoms with van der Waals surface area (Å²) in [5.41, 5.74) is 6.05. The number of rotatable bonds is 13. The molecule has 2 saturated heterocycles. The van der Waals surface area contributed by atoms with E-state index in [2.05, 4.69) is 62.0 Å². The Balaban J connectivity index is 0.992. The first-order valence-electron chi connectivity index (χ1n) is 21.1. The third-order valence-corrected chi connectivity index (χ3v) is 11.7. The van der Waals surface area contributed by atoms with E-state index in [-0.39, 0.29) is 36.9 Å². The summed E-state index contributed by atoms with van der Waals surface area (Å²) in [7, 11) is 2.54. The van der Waals surface area contributed by atoms with Crippen LogP contribution in [-0.2, 0) is 35.1 Å². The van der Waals surface area contributed by atoms with Gasteiger partial charge in [-0.1, -0.05) is 86.6 Å². The first-order valence-corrected chi connectivity index (χ1v) is 21.1. The minimum absolute atomic E-state index is 0.0947. The third kappa shape index (κ3) is 9.22. The van der Waals surface area contributed by atoms with Gasteiger partial charge in [0, 0.05) is 11.9 Å². The van der Waals surface area contributed by atoms with Crippen LogP contribution in [0.25, 0.3) is 44.2 Å². The number of fused-ring (bicyclic) bond motifs is 3. The maximum Gasteiger partial charge on any atom is 0.407 e. The van der Waals surface area contributed by atoms with Crippen molar-refractivity contribution in [1.82, 2.24) is 40.4 Å². The molecule has 63 heavy (non-hydrogen) atoms. The molecule has 4 aromatic carbocycles. The Morgan fingerprint density at radius 3 is 2.30 bits per heavy atom. The van der Waals surface area contributed by atoms with Crippen LogP contribution in [0.4, 0.5) is 9.59 Å². The highest BCUT2D eigenvalue weighted by Crippen LogP contribution is 2.36. The Kier molecular flexibility index (Phi) is 12.4. The Morgan fingerprint density at radius 1 is 0.889 bits per heavy atom. The SMILES string of the molecule is COC(=O)N[C@H](C(=O)N1CCC[C@H]1c1nc2c(ccc3cc(-c4ccc(-c5cnc(CN(CC6(C)OCCO6)C(=O)[C@H](NC(=O)OC)c6ccccc6)[nH]5)cc4)ccc32)[nH]1)C(C)C. The van der Waals surface area contributed by atoms with Crippen molar-refractivity contribution in [3.8, 4) is 22.4 Å². The number of hydrogen-bond donors (Lipinski definition) is 4. The van der Waals surface area contributed by atoms with Crippen LogP contribution >= 0.6 is 0 Å². The van der Waals surface area contributed by atoms with E-state index in [9.17, 15) is 19.2 Å². The number of methoxy groups -OCH3 is 2. The van der Waals surface area contributed by atoms with Crippen LogP contribution in [-0.4, -0.2) is 106 Å². The van der Waals surface area contributed by atoms with Gasteiger partial charge in [-0.25, -0.2) is 19.6 Å². The van der Waals surface area contributed by atoms with Gasteiger partial charge in [-0.2, -0.15) is 0 Å². The summed E-state index contributed by atoms with van der Waals surface area (Å²) in [5.74, 6) is -0.419. The number of aromatic nitrogens is 4. The first kappa shape index (κ1) is 42.9. The van der Waals surface area contributed by atoms with Gasteiger partial charge >= 0.3 is 12.2 Å². The number of alkyl carbamates (subject to hydrolysis) is 2. The van der Waals surface area contributed by atoms with E-state index >= 15 is 0 Å². The van der Waals surface area contributed by atoms with Crippen LogP contribution in [0.5, 0.6) is 0 Å². The van der Waals surface area contributed by atoms with E-state index in [0.29, 0.717) is 31.1 Å². The third-order valence-electron chi connectivity index (χ3n) is 11.7. The van der Waals surface area contributed by atoms with Crippen molar-refractivity contribution in [3.63, 3.8) is 0 Å². The molecule has 0 saturated carbocycles.